The molecule has 0 radical (unpaired) electrons. The summed E-state index contributed by atoms with van der Waals surface area (Å²) in [6.07, 6.45) is 0.614. The molecule has 170 valence electrons. The molecular formula is C25H29NO6. The number of carbonyl (C=O) groups is 2. The maximum absolute atomic E-state index is 13.3. The summed E-state index contributed by atoms with van der Waals surface area (Å²) >= 11 is 0. The molecule has 1 unspecified atom stereocenters. The van der Waals surface area contributed by atoms with Crippen LogP contribution >= 0.6 is 0 Å². The van der Waals surface area contributed by atoms with Gasteiger partial charge in [-0.25, -0.2) is 4.79 Å². The second-order valence-corrected chi connectivity index (χ2v) is 7.37. The molecule has 7 heteroatoms. The number of hydrogen-bond donors (Lipinski definition) is 0. The van der Waals surface area contributed by atoms with Gasteiger partial charge in [-0.05, 0) is 30.2 Å². The topological polar surface area (TPSA) is 74.3 Å². The maximum atomic E-state index is 13.3. The predicted molar refractivity (Wildman–Crippen MR) is 120 cm³/mol. The van der Waals surface area contributed by atoms with Crippen LogP contribution in [0.25, 0.3) is 0 Å². The number of nitrogens with zero attached hydrogens (tertiary/aromatic N) is 1. The van der Waals surface area contributed by atoms with Crippen molar-refractivity contribution in [1.82, 2.24) is 4.90 Å². The van der Waals surface area contributed by atoms with Gasteiger partial charge >= 0.3 is 5.97 Å². The SMILES string of the molecule is CCC1=C(C(=O)OC)C(c2cccc(OC)c2OC)CC(=O)N1Cc1ccc(OC)cc1. The van der Waals surface area contributed by atoms with Crippen molar-refractivity contribution in [3.8, 4) is 17.2 Å². The molecule has 0 spiro atoms. The number of esters is 1. The minimum atomic E-state index is -0.498. The largest absolute Gasteiger partial charge is 0.497 e. The first-order valence-electron chi connectivity index (χ1n) is 10.4. The van der Waals surface area contributed by atoms with Gasteiger partial charge in [0.25, 0.3) is 0 Å². The summed E-state index contributed by atoms with van der Waals surface area (Å²) in [5, 5.41) is 0. The Morgan fingerprint density at radius 3 is 2.28 bits per heavy atom. The summed E-state index contributed by atoms with van der Waals surface area (Å²) in [5.41, 5.74) is 2.77. The molecule has 3 rings (SSSR count). The zero-order chi connectivity index (χ0) is 23.3. The Hall–Kier alpha value is -3.48. The first-order valence-corrected chi connectivity index (χ1v) is 10.4. The van der Waals surface area contributed by atoms with E-state index in [2.05, 4.69) is 0 Å². The van der Waals surface area contributed by atoms with Crippen molar-refractivity contribution in [2.24, 2.45) is 0 Å². The van der Waals surface area contributed by atoms with E-state index in [1.165, 1.54) is 7.11 Å². The van der Waals surface area contributed by atoms with Crippen LogP contribution in [-0.4, -0.2) is 45.2 Å². The highest BCUT2D eigenvalue weighted by Gasteiger charge is 2.39. The number of carbonyl (C=O) groups excluding carboxylic acids is 2. The summed E-state index contributed by atoms with van der Waals surface area (Å²) in [6.45, 7) is 2.28. The van der Waals surface area contributed by atoms with Gasteiger partial charge in [-0.3, -0.25) is 4.79 Å². The number of ether oxygens (including phenoxy) is 4. The third-order valence-electron chi connectivity index (χ3n) is 5.71. The van der Waals surface area contributed by atoms with Crippen LogP contribution in [-0.2, 0) is 20.9 Å². The zero-order valence-electron chi connectivity index (χ0n) is 19.1. The number of methoxy groups -OCH3 is 4. The lowest BCUT2D eigenvalue weighted by atomic mass is 9.82. The standard InChI is InChI=1S/C25H29NO6/c1-6-20-23(25(28)32-5)19(18-8-7-9-21(30-3)24(18)31-4)14-22(27)26(20)15-16-10-12-17(29-2)13-11-16/h7-13,19H,6,14-15H2,1-5H3. The fraction of sp³-hybridized carbons (Fsp3) is 0.360. The summed E-state index contributed by atoms with van der Waals surface area (Å²) in [7, 11) is 6.06. The van der Waals surface area contributed by atoms with Crippen LogP contribution in [0.1, 0.15) is 36.8 Å². The van der Waals surface area contributed by atoms with Crippen LogP contribution in [0.5, 0.6) is 17.2 Å². The zero-order valence-corrected chi connectivity index (χ0v) is 19.1. The number of hydrogen-bond acceptors (Lipinski definition) is 6. The maximum Gasteiger partial charge on any atom is 0.336 e. The van der Waals surface area contributed by atoms with Crippen molar-refractivity contribution in [2.75, 3.05) is 28.4 Å². The molecule has 1 amide bonds. The molecule has 0 fully saturated rings. The first kappa shape index (κ1) is 23.2. The van der Waals surface area contributed by atoms with Crippen LogP contribution in [0, 0.1) is 0 Å². The fourth-order valence-corrected chi connectivity index (χ4v) is 4.18. The van der Waals surface area contributed by atoms with Gasteiger partial charge in [0, 0.05) is 23.6 Å². The van der Waals surface area contributed by atoms with E-state index in [-0.39, 0.29) is 12.3 Å². The van der Waals surface area contributed by atoms with Crippen LogP contribution in [0.4, 0.5) is 0 Å². The molecule has 1 atom stereocenters. The van der Waals surface area contributed by atoms with Crippen molar-refractivity contribution >= 4 is 11.9 Å². The quantitative estimate of drug-likeness (QED) is 0.578. The average Bonchev–Trinajstić information content (AvgIpc) is 2.84. The molecule has 0 aromatic heterocycles. The average molecular weight is 440 g/mol. The van der Waals surface area contributed by atoms with Crippen molar-refractivity contribution in [3.05, 3.63) is 64.9 Å². The molecule has 0 aliphatic carbocycles. The minimum Gasteiger partial charge on any atom is -0.497 e. The molecule has 2 aromatic carbocycles. The molecule has 0 saturated carbocycles. The normalized spacial score (nSPS) is 16.1. The predicted octanol–water partition coefficient (Wildman–Crippen LogP) is 4.07. The monoisotopic (exact) mass is 439 g/mol. The van der Waals surface area contributed by atoms with Gasteiger partial charge in [0.2, 0.25) is 5.91 Å². The van der Waals surface area contributed by atoms with Crippen LogP contribution < -0.4 is 14.2 Å². The van der Waals surface area contributed by atoms with Gasteiger partial charge in [0.15, 0.2) is 11.5 Å². The van der Waals surface area contributed by atoms with Gasteiger partial charge in [-0.1, -0.05) is 31.2 Å². The van der Waals surface area contributed by atoms with E-state index in [1.807, 2.05) is 43.3 Å². The molecule has 1 heterocycles. The summed E-state index contributed by atoms with van der Waals surface area (Å²) < 4.78 is 21.4. The Morgan fingerprint density at radius 1 is 1.00 bits per heavy atom. The molecular weight excluding hydrogens is 410 g/mol. The van der Waals surface area contributed by atoms with Gasteiger partial charge in [0.1, 0.15) is 5.75 Å². The lowest BCUT2D eigenvalue weighted by Gasteiger charge is -2.36. The Bertz CT molecular complexity index is 1010. The Labute approximate surface area is 188 Å². The highest BCUT2D eigenvalue weighted by atomic mass is 16.5. The van der Waals surface area contributed by atoms with Gasteiger partial charge in [-0.2, -0.15) is 0 Å². The van der Waals surface area contributed by atoms with Crippen molar-refractivity contribution < 1.29 is 28.5 Å². The molecule has 2 aromatic rings. The molecule has 0 N–H and O–H groups in total. The van der Waals surface area contributed by atoms with Crippen LogP contribution in [0.3, 0.4) is 0 Å². The lowest BCUT2D eigenvalue weighted by Crippen LogP contribution is -2.38. The van der Waals surface area contributed by atoms with E-state index >= 15 is 0 Å². The van der Waals surface area contributed by atoms with Crippen LogP contribution in [0.2, 0.25) is 0 Å². The molecule has 1 aliphatic rings. The van der Waals surface area contributed by atoms with E-state index in [1.54, 1.807) is 32.3 Å². The van der Waals surface area contributed by atoms with Gasteiger partial charge in [-0.15, -0.1) is 0 Å². The van der Waals surface area contributed by atoms with Gasteiger partial charge < -0.3 is 23.8 Å². The highest BCUT2D eigenvalue weighted by Crippen LogP contribution is 2.44. The van der Waals surface area contributed by atoms with Crippen LogP contribution in [0.15, 0.2) is 53.7 Å². The lowest BCUT2D eigenvalue weighted by molar-refractivity contribution is -0.138. The third-order valence-corrected chi connectivity index (χ3v) is 5.71. The third kappa shape index (κ3) is 4.42. The number of benzene rings is 2. The van der Waals surface area contributed by atoms with E-state index < -0.39 is 11.9 Å². The Balaban J connectivity index is 2.11. The van der Waals surface area contributed by atoms with Crippen molar-refractivity contribution in [3.63, 3.8) is 0 Å². The number of para-hydroxylation sites is 1. The Morgan fingerprint density at radius 2 is 1.72 bits per heavy atom. The molecule has 7 nitrogen and oxygen atoms in total. The van der Waals surface area contributed by atoms with E-state index in [0.29, 0.717) is 35.7 Å². The van der Waals surface area contributed by atoms with Crippen molar-refractivity contribution in [2.45, 2.75) is 32.2 Å². The van der Waals surface area contributed by atoms with E-state index in [0.717, 1.165) is 16.9 Å². The summed E-state index contributed by atoms with van der Waals surface area (Å²) in [6, 6.07) is 13.0. The molecule has 1 aliphatic heterocycles. The minimum absolute atomic E-state index is 0.0693. The number of rotatable bonds is 8. The van der Waals surface area contributed by atoms with Crippen molar-refractivity contribution in [1.29, 1.82) is 0 Å². The number of allylic oxidation sites excluding steroid dienone is 1. The van der Waals surface area contributed by atoms with E-state index in [4.69, 9.17) is 18.9 Å². The molecule has 0 saturated heterocycles. The fourth-order valence-electron chi connectivity index (χ4n) is 4.18. The van der Waals surface area contributed by atoms with E-state index in [9.17, 15) is 9.59 Å². The first-order chi connectivity index (χ1) is 15.5. The Kier molecular flexibility index (Phi) is 7.41. The summed E-state index contributed by atoms with van der Waals surface area (Å²) in [4.78, 5) is 28.0. The summed E-state index contributed by atoms with van der Waals surface area (Å²) in [5.74, 6) is 0.769. The smallest absolute Gasteiger partial charge is 0.336 e. The molecule has 0 bridgehead atoms. The highest BCUT2D eigenvalue weighted by molar-refractivity contribution is 5.96. The molecule has 32 heavy (non-hydrogen) atoms. The second kappa shape index (κ2) is 10.2. The second-order valence-electron chi connectivity index (χ2n) is 7.37. The van der Waals surface area contributed by atoms with Gasteiger partial charge in [0.05, 0.1) is 40.6 Å². The number of amides is 1.